The van der Waals surface area contributed by atoms with Crippen LogP contribution in [0.1, 0.15) is 23.3 Å². The number of amides is 1. The van der Waals surface area contributed by atoms with E-state index < -0.39 is 6.10 Å². The zero-order chi connectivity index (χ0) is 13.9. The first-order valence-corrected chi connectivity index (χ1v) is 6.69. The van der Waals surface area contributed by atoms with Crippen LogP contribution in [-0.2, 0) is 0 Å². The molecule has 1 aliphatic heterocycles. The average molecular weight is 272 g/mol. The third kappa shape index (κ3) is 2.42. The van der Waals surface area contributed by atoms with Crippen LogP contribution in [0.4, 0.5) is 0 Å². The molecular formula is C14H16N4O2. The Hall–Kier alpha value is -2.21. The van der Waals surface area contributed by atoms with E-state index in [9.17, 15) is 9.90 Å². The van der Waals surface area contributed by atoms with Gasteiger partial charge >= 0.3 is 0 Å². The first-order chi connectivity index (χ1) is 9.75. The highest BCUT2D eigenvalue weighted by Gasteiger charge is 2.27. The minimum Gasteiger partial charge on any atom is -0.391 e. The molecule has 6 nitrogen and oxygen atoms in total. The zero-order valence-electron chi connectivity index (χ0n) is 11.0. The number of likely N-dealkylation sites (tertiary alicyclic amines) is 1. The molecule has 20 heavy (non-hydrogen) atoms. The summed E-state index contributed by atoms with van der Waals surface area (Å²) in [5, 5.41) is 20.3. The standard InChI is InChI=1S/C14H16N4O2/c19-11-7-4-8-18(9-11)14(20)13-12(15-17-16-13)10-5-2-1-3-6-10/h1-3,5-6,11,19H,4,7-9H2,(H,15,16,17)/t11-/m0/s1. The summed E-state index contributed by atoms with van der Waals surface area (Å²) in [5.74, 6) is -0.184. The normalized spacial score (nSPS) is 19.1. The Labute approximate surface area is 116 Å². The van der Waals surface area contributed by atoms with Gasteiger partial charge in [-0.1, -0.05) is 30.3 Å². The fourth-order valence-electron chi connectivity index (χ4n) is 2.47. The van der Waals surface area contributed by atoms with Crippen molar-refractivity contribution in [2.24, 2.45) is 0 Å². The van der Waals surface area contributed by atoms with E-state index in [4.69, 9.17) is 0 Å². The van der Waals surface area contributed by atoms with Crippen LogP contribution in [0.5, 0.6) is 0 Å². The van der Waals surface area contributed by atoms with Crippen molar-refractivity contribution in [3.8, 4) is 11.3 Å². The zero-order valence-corrected chi connectivity index (χ0v) is 11.0. The number of aliphatic hydroxyl groups is 1. The van der Waals surface area contributed by atoms with Crippen molar-refractivity contribution in [1.82, 2.24) is 20.3 Å². The van der Waals surface area contributed by atoms with E-state index in [0.29, 0.717) is 24.5 Å². The molecule has 1 saturated heterocycles. The van der Waals surface area contributed by atoms with Gasteiger partial charge in [0.2, 0.25) is 0 Å². The Bertz CT molecular complexity index is 596. The number of carbonyl (C=O) groups excluding carboxylic acids is 1. The quantitative estimate of drug-likeness (QED) is 0.856. The molecule has 6 heteroatoms. The first kappa shape index (κ1) is 12.8. The van der Waals surface area contributed by atoms with E-state index in [2.05, 4.69) is 15.4 Å². The Kier molecular flexibility index (Phi) is 3.47. The predicted molar refractivity (Wildman–Crippen MR) is 73.0 cm³/mol. The molecular weight excluding hydrogens is 256 g/mol. The molecule has 2 aromatic rings. The van der Waals surface area contributed by atoms with Gasteiger partial charge in [-0.25, -0.2) is 0 Å². The molecule has 0 spiro atoms. The van der Waals surface area contributed by atoms with Gasteiger partial charge in [-0.3, -0.25) is 4.79 Å². The number of aromatic nitrogens is 3. The highest BCUT2D eigenvalue weighted by molar-refractivity contribution is 5.97. The van der Waals surface area contributed by atoms with Crippen molar-refractivity contribution in [1.29, 1.82) is 0 Å². The number of nitrogens with one attached hydrogen (secondary N) is 1. The Morgan fingerprint density at radius 3 is 2.85 bits per heavy atom. The number of benzene rings is 1. The van der Waals surface area contributed by atoms with Gasteiger partial charge < -0.3 is 10.0 Å². The Morgan fingerprint density at radius 2 is 2.10 bits per heavy atom. The van der Waals surface area contributed by atoms with Crippen LogP contribution in [0.15, 0.2) is 30.3 Å². The maximum absolute atomic E-state index is 12.5. The minimum atomic E-state index is -0.445. The summed E-state index contributed by atoms with van der Waals surface area (Å²) in [4.78, 5) is 14.1. The molecule has 3 rings (SSSR count). The fraction of sp³-hybridized carbons (Fsp3) is 0.357. The van der Waals surface area contributed by atoms with Crippen molar-refractivity contribution in [3.05, 3.63) is 36.0 Å². The maximum Gasteiger partial charge on any atom is 0.276 e. The van der Waals surface area contributed by atoms with Crippen LogP contribution in [0.2, 0.25) is 0 Å². The Balaban J connectivity index is 1.88. The first-order valence-electron chi connectivity index (χ1n) is 6.69. The molecule has 0 unspecified atom stereocenters. The molecule has 1 fully saturated rings. The topological polar surface area (TPSA) is 82.1 Å². The number of hydrogen-bond donors (Lipinski definition) is 2. The van der Waals surface area contributed by atoms with Gasteiger partial charge in [-0.15, -0.1) is 0 Å². The smallest absolute Gasteiger partial charge is 0.276 e. The van der Waals surface area contributed by atoms with Crippen molar-refractivity contribution in [3.63, 3.8) is 0 Å². The average Bonchev–Trinajstić information content (AvgIpc) is 2.97. The van der Waals surface area contributed by atoms with E-state index in [-0.39, 0.29) is 5.91 Å². The highest BCUT2D eigenvalue weighted by atomic mass is 16.3. The monoisotopic (exact) mass is 272 g/mol. The van der Waals surface area contributed by atoms with Crippen LogP contribution in [0, 0.1) is 0 Å². The van der Waals surface area contributed by atoms with E-state index in [0.717, 1.165) is 18.4 Å². The van der Waals surface area contributed by atoms with Gasteiger partial charge in [0.25, 0.3) is 5.91 Å². The molecule has 0 saturated carbocycles. The van der Waals surface area contributed by atoms with Crippen LogP contribution in [0.25, 0.3) is 11.3 Å². The number of aromatic amines is 1. The van der Waals surface area contributed by atoms with Crippen LogP contribution >= 0.6 is 0 Å². The van der Waals surface area contributed by atoms with Crippen molar-refractivity contribution >= 4 is 5.91 Å². The molecule has 1 atom stereocenters. The number of hydrogen-bond acceptors (Lipinski definition) is 4. The number of β-amino-alcohol motifs (C(OH)–C–C–N with tert-alkyl or cyclic N) is 1. The molecule has 1 aromatic heterocycles. The number of carbonyl (C=O) groups is 1. The molecule has 0 bridgehead atoms. The lowest BCUT2D eigenvalue weighted by Crippen LogP contribution is -2.42. The lowest BCUT2D eigenvalue weighted by atomic mass is 10.1. The second kappa shape index (κ2) is 5.42. The van der Waals surface area contributed by atoms with E-state index >= 15 is 0 Å². The third-order valence-corrected chi connectivity index (χ3v) is 3.48. The second-order valence-electron chi connectivity index (χ2n) is 4.93. The van der Waals surface area contributed by atoms with Gasteiger partial charge in [0, 0.05) is 18.7 Å². The molecule has 1 amide bonds. The van der Waals surface area contributed by atoms with E-state index in [1.165, 1.54) is 0 Å². The summed E-state index contributed by atoms with van der Waals surface area (Å²) in [6.45, 7) is 1.01. The van der Waals surface area contributed by atoms with Gasteiger partial charge in [0.15, 0.2) is 5.69 Å². The summed E-state index contributed by atoms with van der Waals surface area (Å²) in [6.07, 6.45) is 1.11. The Morgan fingerprint density at radius 1 is 1.30 bits per heavy atom. The predicted octanol–water partition coefficient (Wildman–Crippen LogP) is 1.07. The molecule has 2 heterocycles. The van der Waals surface area contributed by atoms with Crippen molar-refractivity contribution in [2.75, 3.05) is 13.1 Å². The van der Waals surface area contributed by atoms with Gasteiger partial charge in [-0.05, 0) is 12.8 Å². The number of piperidine rings is 1. The minimum absolute atomic E-state index is 0.184. The summed E-state index contributed by atoms with van der Waals surface area (Å²) in [6, 6.07) is 9.47. The lowest BCUT2D eigenvalue weighted by molar-refractivity contribution is 0.0469. The molecule has 1 aromatic carbocycles. The molecule has 0 radical (unpaired) electrons. The van der Waals surface area contributed by atoms with Gasteiger partial charge in [-0.2, -0.15) is 15.4 Å². The maximum atomic E-state index is 12.5. The van der Waals surface area contributed by atoms with Gasteiger partial charge in [0.05, 0.1) is 6.10 Å². The van der Waals surface area contributed by atoms with Gasteiger partial charge in [0.1, 0.15) is 5.69 Å². The summed E-state index contributed by atoms with van der Waals surface area (Å²) in [5.41, 5.74) is 1.71. The number of rotatable bonds is 2. The number of nitrogens with zero attached hydrogens (tertiary/aromatic N) is 3. The van der Waals surface area contributed by atoms with Crippen molar-refractivity contribution in [2.45, 2.75) is 18.9 Å². The molecule has 2 N–H and O–H groups in total. The van der Waals surface area contributed by atoms with Crippen LogP contribution < -0.4 is 0 Å². The summed E-state index contributed by atoms with van der Waals surface area (Å²) < 4.78 is 0. The number of aliphatic hydroxyl groups excluding tert-OH is 1. The molecule has 1 aliphatic rings. The third-order valence-electron chi connectivity index (χ3n) is 3.48. The lowest BCUT2D eigenvalue weighted by Gasteiger charge is -2.29. The van der Waals surface area contributed by atoms with E-state index in [1.54, 1.807) is 4.90 Å². The van der Waals surface area contributed by atoms with Crippen LogP contribution in [0.3, 0.4) is 0 Å². The summed E-state index contributed by atoms with van der Waals surface area (Å²) >= 11 is 0. The second-order valence-corrected chi connectivity index (χ2v) is 4.93. The SMILES string of the molecule is O=C(c1n[nH]nc1-c1ccccc1)N1CCC[C@H](O)C1. The van der Waals surface area contributed by atoms with Crippen molar-refractivity contribution < 1.29 is 9.90 Å². The molecule has 104 valence electrons. The summed E-state index contributed by atoms with van der Waals surface area (Å²) in [7, 11) is 0. The molecule has 0 aliphatic carbocycles. The fourth-order valence-corrected chi connectivity index (χ4v) is 2.47. The number of H-pyrrole nitrogens is 1. The largest absolute Gasteiger partial charge is 0.391 e. The van der Waals surface area contributed by atoms with Crippen LogP contribution in [-0.4, -0.2) is 50.5 Å². The van der Waals surface area contributed by atoms with E-state index in [1.807, 2.05) is 30.3 Å². The highest BCUT2D eigenvalue weighted by Crippen LogP contribution is 2.21.